The Morgan fingerprint density at radius 1 is 1.33 bits per heavy atom. The van der Waals surface area contributed by atoms with E-state index in [0.29, 0.717) is 30.6 Å². The van der Waals surface area contributed by atoms with Crippen LogP contribution in [0, 0.1) is 5.82 Å². The number of aromatic nitrogens is 1. The molecule has 1 aromatic heterocycles. The van der Waals surface area contributed by atoms with Crippen LogP contribution in [0.2, 0.25) is 0 Å². The molecule has 5 nitrogen and oxygen atoms in total. The summed E-state index contributed by atoms with van der Waals surface area (Å²) in [4.78, 5) is 16.1. The van der Waals surface area contributed by atoms with Gasteiger partial charge in [-0.2, -0.15) is 0 Å². The fraction of sp³-hybridized carbons (Fsp3) is 0.333. The lowest BCUT2D eigenvalue weighted by atomic mass is 10.1. The molecule has 1 amide bonds. The molecule has 126 valence electrons. The molecular weight excluding hydrogens is 309 g/mol. The van der Waals surface area contributed by atoms with Crippen molar-refractivity contribution in [1.29, 1.82) is 0 Å². The summed E-state index contributed by atoms with van der Waals surface area (Å²) in [6.07, 6.45) is 4.31. The van der Waals surface area contributed by atoms with E-state index in [4.69, 9.17) is 4.74 Å². The molecule has 24 heavy (non-hydrogen) atoms. The summed E-state index contributed by atoms with van der Waals surface area (Å²) < 4.78 is 18.5. The number of benzene rings is 1. The Hall–Kier alpha value is -2.47. The van der Waals surface area contributed by atoms with E-state index in [2.05, 4.69) is 15.6 Å². The monoisotopic (exact) mass is 329 g/mol. The van der Waals surface area contributed by atoms with Crippen LogP contribution in [0.25, 0.3) is 0 Å². The first-order valence-electron chi connectivity index (χ1n) is 8.07. The number of nitrogens with zero attached hydrogens (tertiary/aromatic N) is 1. The van der Waals surface area contributed by atoms with Crippen LogP contribution in [0.1, 0.15) is 24.8 Å². The average molecular weight is 329 g/mol. The third kappa shape index (κ3) is 4.76. The molecule has 1 unspecified atom stereocenters. The van der Waals surface area contributed by atoms with Gasteiger partial charge in [-0.3, -0.25) is 4.79 Å². The summed E-state index contributed by atoms with van der Waals surface area (Å²) in [5.41, 5.74) is 0.898. The smallest absolute Gasteiger partial charge is 0.221 e. The van der Waals surface area contributed by atoms with Crippen LogP contribution in [-0.2, 0) is 11.3 Å². The van der Waals surface area contributed by atoms with E-state index in [1.165, 1.54) is 12.1 Å². The highest BCUT2D eigenvalue weighted by Gasteiger charge is 2.17. The Morgan fingerprint density at radius 2 is 2.17 bits per heavy atom. The molecule has 0 aliphatic carbocycles. The molecule has 0 radical (unpaired) electrons. The van der Waals surface area contributed by atoms with Crippen molar-refractivity contribution >= 4 is 5.91 Å². The second kappa shape index (κ2) is 7.88. The zero-order valence-electron chi connectivity index (χ0n) is 13.3. The van der Waals surface area contributed by atoms with E-state index >= 15 is 0 Å². The molecule has 0 bridgehead atoms. The van der Waals surface area contributed by atoms with Crippen LogP contribution < -0.4 is 15.4 Å². The van der Waals surface area contributed by atoms with E-state index in [-0.39, 0.29) is 11.7 Å². The zero-order chi connectivity index (χ0) is 16.8. The summed E-state index contributed by atoms with van der Waals surface area (Å²) in [7, 11) is 0. The highest BCUT2D eigenvalue weighted by atomic mass is 19.1. The number of halogens is 1. The molecule has 1 saturated heterocycles. The number of hydrogen-bond donors (Lipinski definition) is 2. The SMILES string of the molecule is O=C(CC1CCCN1)NCc1ccnc(Oc2ccc(F)cc2)c1. The number of ether oxygens (including phenoxy) is 1. The quantitative estimate of drug-likeness (QED) is 0.855. The molecule has 0 saturated carbocycles. The van der Waals surface area contributed by atoms with Crippen molar-refractivity contribution in [1.82, 2.24) is 15.6 Å². The molecule has 1 atom stereocenters. The zero-order valence-corrected chi connectivity index (χ0v) is 13.3. The number of rotatable bonds is 6. The van der Waals surface area contributed by atoms with Crippen molar-refractivity contribution in [3.05, 3.63) is 54.0 Å². The molecule has 1 aliphatic heterocycles. The van der Waals surface area contributed by atoms with Gasteiger partial charge in [0.05, 0.1) is 0 Å². The predicted octanol–water partition coefficient (Wildman–Crippen LogP) is 2.77. The summed E-state index contributed by atoms with van der Waals surface area (Å²) in [5, 5.41) is 6.22. The Bertz CT molecular complexity index is 685. The van der Waals surface area contributed by atoms with Gasteiger partial charge in [0.25, 0.3) is 0 Å². The third-order valence-corrected chi connectivity index (χ3v) is 3.92. The number of nitrogens with one attached hydrogen (secondary N) is 2. The van der Waals surface area contributed by atoms with Crippen molar-refractivity contribution < 1.29 is 13.9 Å². The van der Waals surface area contributed by atoms with E-state index in [1.807, 2.05) is 6.07 Å². The fourth-order valence-electron chi connectivity index (χ4n) is 2.67. The Balaban J connectivity index is 1.52. The first kappa shape index (κ1) is 16.4. The number of hydrogen-bond acceptors (Lipinski definition) is 4. The first-order chi connectivity index (χ1) is 11.7. The van der Waals surface area contributed by atoms with Crippen molar-refractivity contribution in [2.75, 3.05) is 6.54 Å². The van der Waals surface area contributed by atoms with Crippen LogP contribution in [0.3, 0.4) is 0 Å². The summed E-state index contributed by atoms with van der Waals surface area (Å²) in [6.45, 7) is 1.42. The largest absolute Gasteiger partial charge is 0.439 e. The normalized spacial score (nSPS) is 16.8. The maximum atomic E-state index is 12.9. The summed E-state index contributed by atoms with van der Waals surface area (Å²) in [6, 6.07) is 9.62. The Labute approximate surface area is 140 Å². The standard InChI is InChI=1S/C18H20FN3O2/c19-14-3-5-16(6-4-14)24-18-10-13(7-9-21-18)12-22-17(23)11-15-2-1-8-20-15/h3-7,9-10,15,20H,1-2,8,11-12H2,(H,22,23). The van der Waals surface area contributed by atoms with E-state index in [1.54, 1.807) is 24.4 Å². The van der Waals surface area contributed by atoms with E-state index in [9.17, 15) is 9.18 Å². The molecule has 1 aliphatic rings. The lowest BCUT2D eigenvalue weighted by molar-refractivity contribution is -0.121. The number of carbonyl (C=O) groups excluding carboxylic acids is 1. The summed E-state index contributed by atoms with van der Waals surface area (Å²) >= 11 is 0. The number of amides is 1. The minimum atomic E-state index is -0.316. The molecule has 2 aromatic rings. The highest BCUT2D eigenvalue weighted by molar-refractivity contribution is 5.76. The van der Waals surface area contributed by atoms with Gasteiger partial charge in [0.2, 0.25) is 11.8 Å². The molecule has 6 heteroatoms. The molecule has 3 rings (SSSR count). The van der Waals surface area contributed by atoms with Crippen LogP contribution in [0.4, 0.5) is 4.39 Å². The number of carbonyl (C=O) groups is 1. The molecule has 1 fully saturated rings. The second-order valence-electron chi connectivity index (χ2n) is 5.83. The molecule has 1 aromatic carbocycles. The van der Waals surface area contributed by atoms with Gasteiger partial charge in [-0.15, -0.1) is 0 Å². The second-order valence-corrected chi connectivity index (χ2v) is 5.83. The highest BCUT2D eigenvalue weighted by Crippen LogP contribution is 2.20. The lowest BCUT2D eigenvalue weighted by Gasteiger charge is -2.11. The van der Waals surface area contributed by atoms with Gasteiger partial charge in [-0.05, 0) is 55.3 Å². The third-order valence-electron chi connectivity index (χ3n) is 3.92. The van der Waals surface area contributed by atoms with Crippen molar-refractivity contribution in [2.24, 2.45) is 0 Å². The van der Waals surface area contributed by atoms with Crippen molar-refractivity contribution in [3.63, 3.8) is 0 Å². The molecule has 2 heterocycles. The lowest BCUT2D eigenvalue weighted by Crippen LogP contribution is -2.31. The molecule has 0 spiro atoms. The van der Waals surface area contributed by atoms with E-state index < -0.39 is 0 Å². The van der Waals surface area contributed by atoms with E-state index in [0.717, 1.165) is 24.9 Å². The van der Waals surface area contributed by atoms with Gasteiger partial charge in [-0.25, -0.2) is 9.37 Å². The molecular formula is C18H20FN3O2. The van der Waals surface area contributed by atoms with Gasteiger partial charge in [-0.1, -0.05) is 0 Å². The van der Waals surface area contributed by atoms with Gasteiger partial charge < -0.3 is 15.4 Å². The molecule has 2 N–H and O–H groups in total. The van der Waals surface area contributed by atoms with Crippen LogP contribution in [0.15, 0.2) is 42.6 Å². The van der Waals surface area contributed by atoms with Crippen LogP contribution >= 0.6 is 0 Å². The van der Waals surface area contributed by atoms with Crippen LogP contribution in [0.5, 0.6) is 11.6 Å². The summed E-state index contributed by atoms with van der Waals surface area (Å²) in [5.74, 6) is 0.638. The predicted molar refractivity (Wildman–Crippen MR) is 88.2 cm³/mol. The maximum Gasteiger partial charge on any atom is 0.221 e. The fourth-order valence-corrected chi connectivity index (χ4v) is 2.67. The van der Waals surface area contributed by atoms with Gasteiger partial charge in [0.1, 0.15) is 11.6 Å². The van der Waals surface area contributed by atoms with Gasteiger partial charge >= 0.3 is 0 Å². The van der Waals surface area contributed by atoms with Gasteiger partial charge in [0.15, 0.2) is 0 Å². The average Bonchev–Trinajstić information content (AvgIpc) is 3.08. The minimum absolute atomic E-state index is 0.0345. The first-order valence-corrected chi connectivity index (χ1v) is 8.07. The minimum Gasteiger partial charge on any atom is -0.439 e. The topological polar surface area (TPSA) is 63.2 Å². The van der Waals surface area contributed by atoms with Crippen molar-refractivity contribution in [3.8, 4) is 11.6 Å². The van der Waals surface area contributed by atoms with Crippen molar-refractivity contribution in [2.45, 2.75) is 31.8 Å². The Morgan fingerprint density at radius 3 is 2.92 bits per heavy atom. The maximum absolute atomic E-state index is 12.9. The van der Waals surface area contributed by atoms with Gasteiger partial charge in [0, 0.05) is 31.3 Å². The Kier molecular flexibility index (Phi) is 5.38. The number of pyridine rings is 1. The van der Waals surface area contributed by atoms with Crippen LogP contribution in [-0.4, -0.2) is 23.5 Å².